The number of ether oxygens (including phenoxy) is 4. The summed E-state index contributed by atoms with van der Waals surface area (Å²) >= 11 is 0. The lowest BCUT2D eigenvalue weighted by atomic mass is 9.95. The van der Waals surface area contributed by atoms with E-state index in [4.69, 9.17) is 18.9 Å². The lowest BCUT2D eigenvalue weighted by Gasteiger charge is -2.25. The number of aliphatic hydroxyl groups excluding tert-OH is 1. The number of benzene rings is 2. The topological polar surface area (TPSA) is 94.5 Å². The van der Waals surface area contributed by atoms with E-state index in [0.717, 1.165) is 0 Å². The molecule has 1 heterocycles. The van der Waals surface area contributed by atoms with Gasteiger partial charge >= 0.3 is 0 Å². The highest BCUT2D eigenvalue weighted by Gasteiger charge is 2.46. The summed E-state index contributed by atoms with van der Waals surface area (Å²) in [5.74, 6) is -0.157. The molecule has 1 saturated heterocycles. The van der Waals surface area contributed by atoms with Crippen LogP contribution in [0.2, 0.25) is 0 Å². The predicted octanol–water partition coefficient (Wildman–Crippen LogP) is 3.73. The number of aliphatic hydroxyl groups is 1. The molecule has 34 heavy (non-hydrogen) atoms. The van der Waals surface area contributed by atoms with Gasteiger partial charge in [0.05, 0.1) is 31.9 Å². The highest BCUT2D eigenvalue weighted by Crippen LogP contribution is 2.42. The monoisotopic (exact) mass is 467 g/mol. The predicted molar refractivity (Wildman–Crippen MR) is 127 cm³/mol. The molecule has 2 aromatic rings. The van der Waals surface area contributed by atoms with Crippen molar-refractivity contribution in [1.82, 2.24) is 4.90 Å². The van der Waals surface area contributed by atoms with Crippen LogP contribution in [0.25, 0.3) is 5.76 Å². The Kier molecular flexibility index (Phi) is 8.32. The first-order valence-electron chi connectivity index (χ1n) is 10.9. The van der Waals surface area contributed by atoms with E-state index in [9.17, 15) is 14.7 Å². The number of methoxy groups -OCH3 is 2. The fourth-order valence-corrected chi connectivity index (χ4v) is 3.80. The molecule has 0 saturated carbocycles. The van der Waals surface area contributed by atoms with Crippen LogP contribution in [0.15, 0.2) is 60.7 Å². The van der Waals surface area contributed by atoms with Gasteiger partial charge in [-0.2, -0.15) is 0 Å². The van der Waals surface area contributed by atoms with E-state index in [1.165, 1.54) is 19.1 Å². The largest absolute Gasteiger partial charge is 0.507 e. The van der Waals surface area contributed by atoms with Gasteiger partial charge < -0.3 is 29.0 Å². The number of nitrogens with zero attached hydrogens (tertiary/aromatic N) is 1. The number of hydrogen-bond acceptors (Lipinski definition) is 7. The van der Waals surface area contributed by atoms with Gasteiger partial charge in [-0.05, 0) is 48.9 Å². The van der Waals surface area contributed by atoms with Gasteiger partial charge in [-0.15, -0.1) is 0 Å². The molecule has 1 aliphatic heterocycles. The standard InChI is InChI=1S/C26H29NO7/c1-5-14-34-19-10-7-17(8-11-19)24(28)22-23(27(13-15-31-3)26(30)25(22)29)18-9-12-20(33-6-2)21(16-18)32-4/h5,7-12,16,23,28H,1,6,13-15H2,2-4H3/t23-/m1/s1. The van der Waals surface area contributed by atoms with Gasteiger partial charge in [-0.1, -0.05) is 18.7 Å². The minimum absolute atomic E-state index is 0.00734. The average molecular weight is 468 g/mol. The molecule has 180 valence electrons. The van der Waals surface area contributed by atoms with Crippen LogP contribution in [0, 0.1) is 0 Å². The summed E-state index contributed by atoms with van der Waals surface area (Å²) in [6.07, 6.45) is 1.63. The Balaban J connectivity index is 2.10. The molecule has 1 N–H and O–H groups in total. The van der Waals surface area contributed by atoms with E-state index in [2.05, 4.69) is 6.58 Å². The van der Waals surface area contributed by atoms with Crippen LogP contribution in [0.4, 0.5) is 0 Å². The number of ketones is 1. The summed E-state index contributed by atoms with van der Waals surface area (Å²) in [5, 5.41) is 11.2. The first-order valence-corrected chi connectivity index (χ1v) is 10.9. The van der Waals surface area contributed by atoms with Crippen LogP contribution < -0.4 is 14.2 Å². The maximum atomic E-state index is 13.1. The van der Waals surface area contributed by atoms with Gasteiger partial charge in [-0.25, -0.2) is 0 Å². The molecule has 0 aromatic heterocycles. The normalized spacial score (nSPS) is 17.0. The van der Waals surface area contributed by atoms with E-state index >= 15 is 0 Å². The average Bonchev–Trinajstić information content (AvgIpc) is 3.11. The minimum Gasteiger partial charge on any atom is -0.507 e. The van der Waals surface area contributed by atoms with Gasteiger partial charge in [0.2, 0.25) is 0 Å². The zero-order chi connectivity index (χ0) is 24.7. The maximum absolute atomic E-state index is 13.1. The first-order chi connectivity index (χ1) is 16.5. The molecular formula is C26H29NO7. The van der Waals surface area contributed by atoms with Crippen molar-refractivity contribution in [1.29, 1.82) is 0 Å². The minimum atomic E-state index is -0.823. The Bertz CT molecular complexity index is 1080. The molecule has 0 unspecified atom stereocenters. The quantitative estimate of drug-likeness (QED) is 0.233. The van der Waals surface area contributed by atoms with Crippen molar-refractivity contribution in [2.75, 3.05) is 40.6 Å². The van der Waals surface area contributed by atoms with Gasteiger partial charge in [0.1, 0.15) is 18.1 Å². The van der Waals surface area contributed by atoms with Crippen molar-refractivity contribution in [3.05, 3.63) is 71.8 Å². The van der Waals surface area contributed by atoms with Crippen molar-refractivity contribution in [3.8, 4) is 17.2 Å². The van der Waals surface area contributed by atoms with Crippen LogP contribution in [0.5, 0.6) is 17.2 Å². The number of carbonyl (C=O) groups excluding carboxylic acids is 2. The van der Waals surface area contributed by atoms with Crippen LogP contribution in [0.1, 0.15) is 24.1 Å². The molecule has 1 amide bonds. The molecule has 2 aromatic carbocycles. The molecule has 1 aliphatic rings. The number of rotatable bonds is 11. The summed E-state index contributed by atoms with van der Waals surface area (Å²) in [4.78, 5) is 27.4. The third kappa shape index (κ3) is 5.07. The molecule has 8 heteroatoms. The van der Waals surface area contributed by atoms with Crippen LogP contribution in [-0.2, 0) is 14.3 Å². The molecule has 0 aliphatic carbocycles. The molecule has 1 atom stereocenters. The van der Waals surface area contributed by atoms with Crippen LogP contribution in [-0.4, -0.2) is 62.3 Å². The Labute approximate surface area is 199 Å². The van der Waals surface area contributed by atoms with Gasteiger partial charge in [0, 0.05) is 19.2 Å². The van der Waals surface area contributed by atoms with Gasteiger partial charge in [0.15, 0.2) is 11.5 Å². The second-order valence-electron chi connectivity index (χ2n) is 7.45. The summed E-state index contributed by atoms with van der Waals surface area (Å²) in [5.41, 5.74) is 0.980. The van der Waals surface area contributed by atoms with E-state index in [1.54, 1.807) is 48.5 Å². The van der Waals surface area contributed by atoms with E-state index in [-0.39, 0.29) is 24.5 Å². The van der Waals surface area contributed by atoms with E-state index in [1.807, 2.05) is 6.92 Å². The Hall–Kier alpha value is -3.78. The molecule has 1 fully saturated rings. The second kappa shape index (κ2) is 11.4. The van der Waals surface area contributed by atoms with Crippen molar-refractivity contribution in [2.45, 2.75) is 13.0 Å². The third-order valence-corrected chi connectivity index (χ3v) is 5.38. The van der Waals surface area contributed by atoms with Gasteiger partial charge in [0.25, 0.3) is 11.7 Å². The maximum Gasteiger partial charge on any atom is 0.295 e. The van der Waals surface area contributed by atoms with Crippen molar-refractivity contribution in [2.24, 2.45) is 0 Å². The zero-order valence-corrected chi connectivity index (χ0v) is 19.6. The molecule has 8 nitrogen and oxygen atoms in total. The van der Waals surface area contributed by atoms with Crippen LogP contribution >= 0.6 is 0 Å². The fourth-order valence-electron chi connectivity index (χ4n) is 3.80. The summed E-state index contributed by atoms with van der Waals surface area (Å²) in [6, 6.07) is 11.0. The highest BCUT2D eigenvalue weighted by molar-refractivity contribution is 6.46. The number of amides is 1. The zero-order valence-electron chi connectivity index (χ0n) is 19.6. The summed E-state index contributed by atoms with van der Waals surface area (Å²) in [7, 11) is 3.03. The third-order valence-electron chi connectivity index (χ3n) is 5.38. The smallest absolute Gasteiger partial charge is 0.295 e. The van der Waals surface area contributed by atoms with E-state index < -0.39 is 17.7 Å². The lowest BCUT2D eigenvalue weighted by Crippen LogP contribution is -2.32. The number of carbonyl (C=O) groups is 2. The number of hydrogen-bond donors (Lipinski definition) is 1. The Morgan fingerprint density at radius 3 is 2.44 bits per heavy atom. The second-order valence-corrected chi connectivity index (χ2v) is 7.45. The number of likely N-dealkylation sites (tertiary alicyclic amines) is 1. The molecule has 0 radical (unpaired) electrons. The van der Waals surface area contributed by atoms with E-state index in [0.29, 0.717) is 41.6 Å². The molecule has 0 spiro atoms. The Morgan fingerprint density at radius 2 is 1.82 bits per heavy atom. The van der Waals surface area contributed by atoms with Crippen LogP contribution in [0.3, 0.4) is 0 Å². The number of Topliss-reactive ketones (excluding diaryl/α,β-unsaturated/α-hetero) is 1. The Morgan fingerprint density at radius 1 is 1.09 bits per heavy atom. The van der Waals surface area contributed by atoms with Gasteiger partial charge in [-0.3, -0.25) is 9.59 Å². The van der Waals surface area contributed by atoms with Crippen molar-refractivity contribution < 1.29 is 33.6 Å². The summed E-state index contributed by atoms with van der Waals surface area (Å²) < 4.78 is 21.7. The SMILES string of the molecule is C=CCOc1ccc(C(O)=C2C(=O)C(=O)N(CCOC)[C@@H]2c2ccc(OCC)c(OC)c2)cc1. The molecule has 0 bridgehead atoms. The molecular weight excluding hydrogens is 438 g/mol. The summed E-state index contributed by atoms with van der Waals surface area (Å²) in [6.45, 7) is 6.67. The van der Waals surface area contributed by atoms with Crippen molar-refractivity contribution >= 4 is 17.4 Å². The fraction of sp³-hybridized carbons (Fsp3) is 0.308. The lowest BCUT2D eigenvalue weighted by molar-refractivity contribution is -0.140. The van der Waals surface area contributed by atoms with Crippen molar-refractivity contribution in [3.63, 3.8) is 0 Å². The molecule has 3 rings (SSSR count). The highest BCUT2D eigenvalue weighted by atomic mass is 16.5. The first kappa shape index (κ1) is 24.9.